The minimum absolute atomic E-state index is 0.328. The van der Waals surface area contributed by atoms with Crippen molar-refractivity contribution in [3.05, 3.63) is 0 Å². The summed E-state index contributed by atoms with van der Waals surface area (Å²) < 4.78 is 37.7. The van der Waals surface area contributed by atoms with E-state index in [0.717, 1.165) is 39.0 Å². The molecule has 106 valence electrons. The molecule has 2 fully saturated rings. The zero-order valence-electron chi connectivity index (χ0n) is 11.0. The van der Waals surface area contributed by atoms with Gasteiger partial charge in [0.2, 0.25) is 0 Å². The van der Waals surface area contributed by atoms with Crippen LogP contribution >= 0.6 is 0 Å². The van der Waals surface area contributed by atoms with Crippen LogP contribution in [0.2, 0.25) is 0 Å². The highest BCUT2D eigenvalue weighted by atomic mass is 19.4. The Kier molecular flexibility index (Phi) is 4.54. The van der Waals surface area contributed by atoms with Crippen molar-refractivity contribution < 1.29 is 13.2 Å². The van der Waals surface area contributed by atoms with Crippen LogP contribution < -0.4 is 5.32 Å². The summed E-state index contributed by atoms with van der Waals surface area (Å²) in [6.07, 6.45) is -1.85. The maximum absolute atomic E-state index is 12.6. The van der Waals surface area contributed by atoms with Gasteiger partial charge in [-0.05, 0) is 38.5 Å². The van der Waals surface area contributed by atoms with E-state index in [9.17, 15) is 13.2 Å². The number of hydrogen-bond acceptors (Lipinski definition) is 2. The smallest absolute Gasteiger partial charge is 0.314 e. The molecule has 2 aliphatic rings. The zero-order chi connectivity index (χ0) is 13.2. The third kappa shape index (κ3) is 3.60. The molecule has 0 aromatic heterocycles. The molecule has 5 heteroatoms. The van der Waals surface area contributed by atoms with E-state index in [4.69, 9.17) is 0 Å². The number of halogens is 3. The fourth-order valence-corrected chi connectivity index (χ4v) is 3.16. The van der Waals surface area contributed by atoms with E-state index in [1.54, 1.807) is 0 Å². The third-order valence-electron chi connectivity index (χ3n) is 4.44. The van der Waals surface area contributed by atoms with E-state index < -0.39 is 12.1 Å². The van der Waals surface area contributed by atoms with Crippen LogP contribution in [-0.2, 0) is 0 Å². The van der Waals surface area contributed by atoms with Crippen LogP contribution in [0.4, 0.5) is 13.2 Å². The molecule has 0 unspecified atom stereocenters. The van der Waals surface area contributed by atoms with Crippen molar-refractivity contribution in [1.29, 1.82) is 0 Å². The molecule has 1 saturated heterocycles. The summed E-state index contributed by atoms with van der Waals surface area (Å²) in [5, 5.41) is 3.34. The Morgan fingerprint density at radius 2 is 1.83 bits per heavy atom. The topological polar surface area (TPSA) is 15.3 Å². The van der Waals surface area contributed by atoms with Gasteiger partial charge >= 0.3 is 6.18 Å². The zero-order valence-corrected chi connectivity index (χ0v) is 11.0. The lowest BCUT2D eigenvalue weighted by Crippen LogP contribution is -2.51. The summed E-state index contributed by atoms with van der Waals surface area (Å²) in [5.74, 6) is -0.585. The number of nitrogens with zero attached hydrogens (tertiary/aromatic N) is 1. The van der Waals surface area contributed by atoms with Crippen LogP contribution in [0.1, 0.15) is 32.6 Å². The number of nitrogens with one attached hydrogen (secondary N) is 1. The number of rotatable bonds is 2. The van der Waals surface area contributed by atoms with Crippen molar-refractivity contribution in [2.45, 2.75) is 44.8 Å². The van der Waals surface area contributed by atoms with Crippen molar-refractivity contribution in [3.63, 3.8) is 0 Å². The summed E-state index contributed by atoms with van der Waals surface area (Å²) >= 11 is 0. The normalized spacial score (nSPS) is 35.7. The Morgan fingerprint density at radius 1 is 1.17 bits per heavy atom. The minimum Gasteiger partial charge on any atom is -0.314 e. The summed E-state index contributed by atoms with van der Waals surface area (Å²) in [6.45, 7) is 6.20. The van der Waals surface area contributed by atoms with Crippen molar-refractivity contribution in [3.8, 4) is 0 Å². The molecule has 0 bridgehead atoms. The molecule has 1 aliphatic heterocycles. The van der Waals surface area contributed by atoms with Gasteiger partial charge in [0.15, 0.2) is 0 Å². The van der Waals surface area contributed by atoms with Gasteiger partial charge in [0.1, 0.15) is 0 Å². The minimum atomic E-state index is -3.98. The largest absolute Gasteiger partial charge is 0.391 e. The Balaban J connectivity index is 1.76. The van der Waals surface area contributed by atoms with Gasteiger partial charge in [-0.2, -0.15) is 13.2 Å². The van der Waals surface area contributed by atoms with Crippen LogP contribution in [0.3, 0.4) is 0 Å². The summed E-state index contributed by atoms with van der Waals surface area (Å²) in [4.78, 5) is 2.43. The molecule has 0 aromatic carbocycles. The van der Waals surface area contributed by atoms with Crippen molar-refractivity contribution in [1.82, 2.24) is 10.2 Å². The molecule has 1 saturated carbocycles. The standard InChI is InChI=1S/C13H23F3N2/c1-10-8-17-6-7-18(10)9-11-2-4-12(5-3-11)13(14,15)16/h10-12,17H,2-9H2,1H3/t10-,11?,12?/m0/s1. The Morgan fingerprint density at radius 3 is 2.39 bits per heavy atom. The first-order chi connectivity index (χ1) is 8.47. The van der Waals surface area contributed by atoms with Gasteiger partial charge in [0.25, 0.3) is 0 Å². The highest BCUT2D eigenvalue weighted by Crippen LogP contribution is 2.39. The highest BCUT2D eigenvalue weighted by Gasteiger charge is 2.41. The van der Waals surface area contributed by atoms with E-state index in [-0.39, 0.29) is 0 Å². The summed E-state index contributed by atoms with van der Waals surface area (Å²) in [7, 11) is 0. The number of hydrogen-bond donors (Lipinski definition) is 1. The molecule has 1 aliphatic carbocycles. The lowest BCUT2D eigenvalue weighted by Gasteiger charge is -2.38. The molecule has 0 radical (unpaired) electrons. The fourth-order valence-electron chi connectivity index (χ4n) is 3.16. The molecule has 1 heterocycles. The molecule has 2 nitrogen and oxygen atoms in total. The first-order valence-corrected chi connectivity index (χ1v) is 6.98. The molecular formula is C13H23F3N2. The van der Waals surface area contributed by atoms with Crippen LogP contribution in [-0.4, -0.2) is 43.3 Å². The second-order valence-electron chi connectivity index (χ2n) is 5.81. The third-order valence-corrected chi connectivity index (χ3v) is 4.44. The Labute approximate surface area is 107 Å². The highest BCUT2D eigenvalue weighted by molar-refractivity contribution is 4.82. The van der Waals surface area contributed by atoms with Crippen molar-refractivity contribution >= 4 is 0 Å². The molecule has 18 heavy (non-hydrogen) atoms. The van der Waals surface area contributed by atoms with Crippen LogP contribution in [0, 0.1) is 11.8 Å². The predicted molar refractivity (Wildman–Crippen MR) is 65.4 cm³/mol. The number of alkyl halides is 3. The molecule has 0 amide bonds. The van der Waals surface area contributed by atoms with Crippen molar-refractivity contribution in [2.75, 3.05) is 26.2 Å². The summed E-state index contributed by atoms with van der Waals surface area (Å²) in [6, 6.07) is 0.513. The predicted octanol–water partition coefficient (Wildman–Crippen LogP) is 2.65. The first kappa shape index (κ1) is 14.1. The molecule has 0 aromatic rings. The molecule has 0 spiro atoms. The van der Waals surface area contributed by atoms with Gasteiger partial charge in [-0.15, -0.1) is 0 Å². The maximum atomic E-state index is 12.6. The van der Waals surface area contributed by atoms with Crippen LogP contribution in [0.15, 0.2) is 0 Å². The van der Waals surface area contributed by atoms with Gasteiger partial charge in [-0.1, -0.05) is 0 Å². The first-order valence-electron chi connectivity index (χ1n) is 6.98. The van der Waals surface area contributed by atoms with Crippen LogP contribution in [0.5, 0.6) is 0 Å². The van der Waals surface area contributed by atoms with E-state index in [2.05, 4.69) is 17.1 Å². The lowest BCUT2D eigenvalue weighted by atomic mass is 9.81. The van der Waals surface area contributed by atoms with Crippen molar-refractivity contribution in [2.24, 2.45) is 11.8 Å². The average molecular weight is 264 g/mol. The van der Waals surface area contributed by atoms with Gasteiger partial charge in [-0.3, -0.25) is 4.90 Å². The summed E-state index contributed by atoms with van der Waals surface area (Å²) in [5.41, 5.74) is 0. The monoisotopic (exact) mass is 264 g/mol. The van der Waals surface area contributed by atoms with E-state index >= 15 is 0 Å². The molecule has 1 N–H and O–H groups in total. The second-order valence-corrected chi connectivity index (χ2v) is 5.81. The van der Waals surface area contributed by atoms with Gasteiger partial charge in [0.05, 0.1) is 5.92 Å². The van der Waals surface area contributed by atoms with Gasteiger partial charge in [-0.25, -0.2) is 0 Å². The Hall–Kier alpha value is -0.290. The quantitative estimate of drug-likeness (QED) is 0.825. The number of piperazine rings is 1. The Bertz CT molecular complexity index is 259. The van der Waals surface area contributed by atoms with E-state index in [1.165, 1.54) is 0 Å². The molecular weight excluding hydrogens is 241 g/mol. The van der Waals surface area contributed by atoms with Gasteiger partial charge < -0.3 is 5.32 Å². The van der Waals surface area contributed by atoms with Crippen LogP contribution in [0.25, 0.3) is 0 Å². The lowest BCUT2D eigenvalue weighted by molar-refractivity contribution is -0.184. The maximum Gasteiger partial charge on any atom is 0.391 e. The molecule has 2 rings (SSSR count). The average Bonchev–Trinajstić information content (AvgIpc) is 2.32. The van der Waals surface area contributed by atoms with E-state index in [1.807, 2.05) is 0 Å². The fraction of sp³-hybridized carbons (Fsp3) is 1.00. The van der Waals surface area contributed by atoms with Gasteiger partial charge in [0, 0.05) is 32.2 Å². The SMILES string of the molecule is C[C@H]1CNCCN1CC1CCC(C(F)(F)F)CC1. The molecule has 1 atom stereocenters. The van der Waals surface area contributed by atoms with E-state index in [0.29, 0.717) is 24.8 Å². The second kappa shape index (κ2) is 5.78.